The maximum Gasteiger partial charge on any atom is 0.178 e. The van der Waals surface area contributed by atoms with E-state index in [1.54, 1.807) is 0 Å². The minimum absolute atomic E-state index is 0.000170. The first-order valence-corrected chi connectivity index (χ1v) is 6.79. The highest BCUT2D eigenvalue weighted by atomic mass is 32.1. The third-order valence-electron chi connectivity index (χ3n) is 3.45. The Hall–Kier alpha value is -1.29. The second-order valence-corrected chi connectivity index (χ2v) is 5.40. The fourth-order valence-corrected chi connectivity index (χ4v) is 2.59. The lowest BCUT2D eigenvalue weighted by molar-refractivity contribution is 0.343. The molecule has 3 nitrogen and oxygen atoms in total. The number of nitrogens with one attached hydrogen (secondary N) is 1. The number of imidazole rings is 1. The van der Waals surface area contributed by atoms with Crippen LogP contribution in [0.1, 0.15) is 34.1 Å². The topological polar surface area (TPSA) is 29.9 Å². The predicted octanol–water partition coefficient (Wildman–Crippen LogP) is 4.24. The summed E-state index contributed by atoms with van der Waals surface area (Å²) in [4.78, 5) is 3.27. The van der Waals surface area contributed by atoms with E-state index in [1.165, 1.54) is 0 Å². The monoisotopic (exact) mass is 264 g/mol. The van der Waals surface area contributed by atoms with Crippen LogP contribution in [0.3, 0.4) is 0 Å². The first-order valence-electron chi connectivity index (χ1n) is 6.38. The van der Waals surface area contributed by atoms with Crippen molar-refractivity contribution in [3.63, 3.8) is 0 Å². The van der Waals surface area contributed by atoms with E-state index in [0.29, 0.717) is 6.61 Å². The SMILES string of the molecule is CCOc1cccc2c1[nH]c(=S)n2C(C)(C)CC. The van der Waals surface area contributed by atoms with E-state index in [1.807, 2.05) is 19.1 Å². The molecule has 0 aliphatic rings. The van der Waals surface area contributed by atoms with Crippen molar-refractivity contribution in [3.05, 3.63) is 23.0 Å². The van der Waals surface area contributed by atoms with Crippen LogP contribution in [0.4, 0.5) is 0 Å². The molecule has 18 heavy (non-hydrogen) atoms. The van der Waals surface area contributed by atoms with Gasteiger partial charge in [-0.15, -0.1) is 0 Å². The van der Waals surface area contributed by atoms with Crippen molar-refractivity contribution in [2.24, 2.45) is 0 Å². The predicted molar refractivity (Wildman–Crippen MR) is 77.9 cm³/mol. The van der Waals surface area contributed by atoms with E-state index < -0.39 is 0 Å². The van der Waals surface area contributed by atoms with Crippen LogP contribution in [0, 0.1) is 4.77 Å². The number of ether oxygens (including phenoxy) is 1. The number of hydrogen-bond donors (Lipinski definition) is 1. The summed E-state index contributed by atoms with van der Waals surface area (Å²) < 4.78 is 8.58. The molecule has 2 aromatic rings. The summed E-state index contributed by atoms with van der Waals surface area (Å²) in [6.07, 6.45) is 1.02. The van der Waals surface area contributed by atoms with E-state index in [0.717, 1.165) is 28.0 Å². The van der Waals surface area contributed by atoms with Crippen molar-refractivity contribution in [3.8, 4) is 5.75 Å². The number of rotatable bonds is 4. The van der Waals surface area contributed by atoms with Crippen LogP contribution in [0.25, 0.3) is 11.0 Å². The Kier molecular flexibility index (Phi) is 3.48. The Bertz CT molecular complexity index is 610. The van der Waals surface area contributed by atoms with Gasteiger partial charge in [-0.3, -0.25) is 0 Å². The molecule has 0 aliphatic heterocycles. The minimum atomic E-state index is 0.000170. The lowest BCUT2D eigenvalue weighted by atomic mass is 10.0. The molecule has 0 amide bonds. The van der Waals surface area contributed by atoms with Crippen LogP contribution in [0.15, 0.2) is 18.2 Å². The Balaban J connectivity index is 2.74. The van der Waals surface area contributed by atoms with Gasteiger partial charge in [-0.25, -0.2) is 0 Å². The Morgan fingerprint density at radius 2 is 2.06 bits per heavy atom. The number of aromatic nitrogens is 2. The van der Waals surface area contributed by atoms with Crippen LogP contribution in [-0.2, 0) is 5.54 Å². The Morgan fingerprint density at radius 1 is 1.33 bits per heavy atom. The molecule has 0 spiro atoms. The molecule has 1 aromatic heterocycles. The van der Waals surface area contributed by atoms with Gasteiger partial charge in [0, 0.05) is 5.54 Å². The number of aromatic amines is 1. The van der Waals surface area contributed by atoms with Crippen molar-refractivity contribution in [2.45, 2.75) is 39.7 Å². The normalized spacial score (nSPS) is 12.0. The number of para-hydroxylation sites is 1. The fraction of sp³-hybridized carbons (Fsp3) is 0.500. The van der Waals surface area contributed by atoms with Crippen LogP contribution < -0.4 is 4.74 Å². The van der Waals surface area contributed by atoms with Crippen LogP contribution in [0.2, 0.25) is 0 Å². The molecule has 0 unspecified atom stereocenters. The van der Waals surface area contributed by atoms with Gasteiger partial charge < -0.3 is 14.3 Å². The van der Waals surface area contributed by atoms with Crippen LogP contribution in [-0.4, -0.2) is 16.2 Å². The molecule has 98 valence electrons. The summed E-state index contributed by atoms with van der Waals surface area (Å²) in [6.45, 7) is 9.21. The standard InChI is InChI=1S/C14H20N2OS/c1-5-14(3,4)16-10-8-7-9-11(17-6-2)12(10)15-13(16)18/h7-9H,5-6H2,1-4H3,(H,15,18). The van der Waals surface area contributed by atoms with Gasteiger partial charge in [0.25, 0.3) is 0 Å². The highest BCUT2D eigenvalue weighted by Gasteiger charge is 2.22. The molecular weight excluding hydrogens is 244 g/mol. The number of fused-ring (bicyclic) bond motifs is 1. The minimum Gasteiger partial charge on any atom is -0.492 e. The average Bonchev–Trinajstić information content (AvgIpc) is 2.67. The highest BCUT2D eigenvalue weighted by Crippen LogP contribution is 2.30. The molecule has 0 saturated heterocycles. The van der Waals surface area contributed by atoms with E-state index in [9.17, 15) is 0 Å². The number of hydrogen-bond acceptors (Lipinski definition) is 2. The second-order valence-electron chi connectivity index (χ2n) is 5.01. The molecule has 1 N–H and O–H groups in total. The van der Waals surface area contributed by atoms with Crippen molar-refractivity contribution in [2.75, 3.05) is 6.61 Å². The molecule has 4 heteroatoms. The Morgan fingerprint density at radius 3 is 2.67 bits per heavy atom. The fourth-order valence-electron chi connectivity index (χ4n) is 2.14. The zero-order valence-electron chi connectivity index (χ0n) is 11.4. The van der Waals surface area contributed by atoms with Gasteiger partial charge in [0.1, 0.15) is 11.3 Å². The van der Waals surface area contributed by atoms with Crippen molar-refractivity contribution in [1.29, 1.82) is 0 Å². The largest absolute Gasteiger partial charge is 0.492 e. The highest BCUT2D eigenvalue weighted by molar-refractivity contribution is 7.71. The van der Waals surface area contributed by atoms with Crippen LogP contribution in [0.5, 0.6) is 5.75 Å². The van der Waals surface area contributed by atoms with Gasteiger partial charge in [0.15, 0.2) is 4.77 Å². The van der Waals surface area contributed by atoms with Gasteiger partial charge in [0.05, 0.1) is 12.1 Å². The van der Waals surface area contributed by atoms with Crippen molar-refractivity contribution < 1.29 is 4.74 Å². The quantitative estimate of drug-likeness (QED) is 0.837. The zero-order chi connectivity index (χ0) is 13.3. The average molecular weight is 264 g/mol. The zero-order valence-corrected chi connectivity index (χ0v) is 12.2. The van der Waals surface area contributed by atoms with Crippen molar-refractivity contribution >= 4 is 23.3 Å². The maximum atomic E-state index is 5.64. The molecule has 0 radical (unpaired) electrons. The van der Waals surface area contributed by atoms with Gasteiger partial charge >= 0.3 is 0 Å². The molecule has 2 rings (SSSR count). The summed E-state index contributed by atoms with van der Waals surface area (Å²) in [5.74, 6) is 0.867. The van der Waals surface area contributed by atoms with Crippen LogP contribution >= 0.6 is 12.2 Å². The summed E-state index contributed by atoms with van der Waals surface area (Å²) >= 11 is 5.46. The molecular formula is C14H20N2OS. The summed E-state index contributed by atoms with van der Waals surface area (Å²) in [6, 6.07) is 6.07. The second kappa shape index (κ2) is 4.76. The molecule has 0 atom stereocenters. The number of nitrogens with zero attached hydrogens (tertiary/aromatic N) is 1. The maximum absolute atomic E-state index is 5.64. The molecule has 0 bridgehead atoms. The third kappa shape index (κ3) is 2.05. The van der Waals surface area contributed by atoms with Gasteiger partial charge in [-0.2, -0.15) is 0 Å². The van der Waals surface area contributed by atoms with E-state index in [4.69, 9.17) is 17.0 Å². The Labute approximate surface area is 113 Å². The molecule has 1 aromatic carbocycles. The molecule has 1 heterocycles. The molecule has 0 saturated carbocycles. The third-order valence-corrected chi connectivity index (χ3v) is 3.74. The lowest BCUT2D eigenvalue weighted by Crippen LogP contribution is -2.25. The molecule has 0 aliphatic carbocycles. The van der Waals surface area contributed by atoms with E-state index in [2.05, 4.69) is 36.4 Å². The van der Waals surface area contributed by atoms with E-state index >= 15 is 0 Å². The number of benzene rings is 1. The first-order chi connectivity index (χ1) is 8.51. The smallest absolute Gasteiger partial charge is 0.178 e. The summed E-state index contributed by atoms with van der Waals surface area (Å²) in [5.41, 5.74) is 2.10. The number of H-pyrrole nitrogens is 1. The van der Waals surface area contributed by atoms with Gasteiger partial charge in [-0.1, -0.05) is 13.0 Å². The van der Waals surface area contributed by atoms with E-state index in [-0.39, 0.29) is 5.54 Å². The van der Waals surface area contributed by atoms with Crippen molar-refractivity contribution in [1.82, 2.24) is 9.55 Å². The lowest BCUT2D eigenvalue weighted by Gasteiger charge is -2.25. The first kappa shape index (κ1) is 13.1. The van der Waals surface area contributed by atoms with Gasteiger partial charge in [0.2, 0.25) is 0 Å². The summed E-state index contributed by atoms with van der Waals surface area (Å²) in [5, 5.41) is 0. The van der Waals surface area contributed by atoms with Gasteiger partial charge in [-0.05, 0) is 51.5 Å². The molecule has 0 fully saturated rings. The summed E-state index contributed by atoms with van der Waals surface area (Å²) in [7, 11) is 0.